The largest absolute Gasteiger partial charge is 0.384 e. The van der Waals surface area contributed by atoms with Crippen LogP contribution in [0.5, 0.6) is 0 Å². The molecule has 0 saturated heterocycles. The van der Waals surface area contributed by atoms with Crippen molar-refractivity contribution in [2.45, 2.75) is 25.9 Å². The standard InChI is InChI=1S/C12H15F2N3O/c1-3-12(2,18)11(17-15)7-16-10-6-8(13)4-5-9(10)14/h4-7,18H,3,15H2,1-2H3. The fraction of sp³-hybridized carbons (Fsp3) is 0.333. The van der Waals surface area contributed by atoms with Gasteiger partial charge in [0.05, 0.1) is 6.21 Å². The van der Waals surface area contributed by atoms with E-state index in [9.17, 15) is 13.9 Å². The Morgan fingerprint density at radius 1 is 1.50 bits per heavy atom. The van der Waals surface area contributed by atoms with Crippen LogP contribution in [0.2, 0.25) is 0 Å². The van der Waals surface area contributed by atoms with Gasteiger partial charge in [-0.15, -0.1) is 0 Å². The molecule has 4 nitrogen and oxygen atoms in total. The average molecular weight is 255 g/mol. The molecule has 0 aliphatic rings. The number of halogens is 2. The summed E-state index contributed by atoms with van der Waals surface area (Å²) < 4.78 is 26.2. The molecule has 0 aliphatic heterocycles. The summed E-state index contributed by atoms with van der Waals surface area (Å²) in [6.45, 7) is 3.24. The lowest BCUT2D eigenvalue weighted by atomic mass is 9.98. The summed E-state index contributed by atoms with van der Waals surface area (Å²) in [5.41, 5.74) is -1.35. The van der Waals surface area contributed by atoms with Crippen molar-refractivity contribution in [2.75, 3.05) is 0 Å². The molecule has 98 valence electrons. The van der Waals surface area contributed by atoms with Gasteiger partial charge in [-0.2, -0.15) is 5.10 Å². The molecule has 0 radical (unpaired) electrons. The molecule has 0 spiro atoms. The van der Waals surface area contributed by atoms with Crippen LogP contribution in [0.25, 0.3) is 0 Å². The lowest BCUT2D eigenvalue weighted by molar-refractivity contribution is 0.130. The predicted octanol–water partition coefficient (Wildman–Crippen LogP) is 2.14. The average Bonchev–Trinajstić information content (AvgIpc) is 2.34. The molecular weight excluding hydrogens is 240 g/mol. The van der Waals surface area contributed by atoms with Gasteiger partial charge in [-0.25, -0.2) is 8.78 Å². The van der Waals surface area contributed by atoms with Crippen LogP contribution in [-0.4, -0.2) is 22.6 Å². The van der Waals surface area contributed by atoms with Gasteiger partial charge in [-0.05, 0) is 25.5 Å². The number of aliphatic hydroxyl groups is 1. The van der Waals surface area contributed by atoms with Crippen LogP contribution < -0.4 is 5.84 Å². The molecule has 0 aromatic heterocycles. The molecule has 0 amide bonds. The van der Waals surface area contributed by atoms with Crippen LogP contribution >= 0.6 is 0 Å². The Kier molecular flexibility index (Phi) is 4.49. The van der Waals surface area contributed by atoms with Crippen molar-refractivity contribution in [2.24, 2.45) is 15.9 Å². The van der Waals surface area contributed by atoms with E-state index in [0.29, 0.717) is 6.42 Å². The zero-order chi connectivity index (χ0) is 13.8. The highest BCUT2D eigenvalue weighted by molar-refractivity contribution is 6.34. The van der Waals surface area contributed by atoms with Crippen molar-refractivity contribution in [1.29, 1.82) is 0 Å². The first-order valence-corrected chi connectivity index (χ1v) is 5.40. The Morgan fingerprint density at radius 3 is 2.72 bits per heavy atom. The van der Waals surface area contributed by atoms with Crippen LogP contribution in [0.1, 0.15) is 20.3 Å². The van der Waals surface area contributed by atoms with E-state index in [1.807, 2.05) is 0 Å². The maximum atomic E-state index is 13.3. The molecule has 6 heteroatoms. The van der Waals surface area contributed by atoms with Gasteiger partial charge in [0.1, 0.15) is 28.6 Å². The Hall–Kier alpha value is -1.82. The number of benzene rings is 1. The van der Waals surface area contributed by atoms with Gasteiger partial charge in [0.15, 0.2) is 0 Å². The highest BCUT2D eigenvalue weighted by Gasteiger charge is 2.24. The van der Waals surface area contributed by atoms with E-state index in [4.69, 9.17) is 5.84 Å². The summed E-state index contributed by atoms with van der Waals surface area (Å²) in [6, 6.07) is 2.91. The number of aliphatic imine (C=N–C) groups is 1. The Bertz CT molecular complexity index is 484. The van der Waals surface area contributed by atoms with Crippen molar-refractivity contribution in [3.8, 4) is 0 Å². The highest BCUT2D eigenvalue weighted by Crippen LogP contribution is 2.19. The minimum absolute atomic E-state index is 0.0914. The van der Waals surface area contributed by atoms with E-state index in [0.717, 1.165) is 24.4 Å². The quantitative estimate of drug-likeness (QED) is 0.491. The molecule has 0 aliphatic carbocycles. The third kappa shape index (κ3) is 3.33. The second-order valence-corrected chi connectivity index (χ2v) is 4.00. The van der Waals surface area contributed by atoms with Gasteiger partial charge in [-0.1, -0.05) is 6.92 Å². The molecule has 1 rings (SSSR count). The number of hydrogen-bond acceptors (Lipinski definition) is 4. The SMILES string of the molecule is CCC(C)(O)C(C=Nc1cc(F)ccc1F)=NN. The second-order valence-electron chi connectivity index (χ2n) is 4.00. The van der Waals surface area contributed by atoms with E-state index in [1.165, 1.54) is 6.92 Å². The Balaban J connectivity index is 3.02. The molecule has 1 aromatic carbocycles. The monoisotopic (exact) mass is 255 g/mol. The van der Waals surface area contributed by atoms with Gasteiger partial charge in [0.2, 0.25) is 0 Å². The number of nitrogens with zero attached hydrogens (tertiary/aromatic N) is 2. The normalized spacial score (nSPS) is 15.9. The zero-order valence-electron chi connectivity index (χ0n) is 10.2. The maximum Gasteiger partial charge on any atom is 0.149 e. The molecule has 0 saturated carbocycles. The first-order chi connectivity index (χ1) is 8.40. The van der Waals surface area contributed by atoms with E-state index in [1.54, 1.807) is 6.92 Å². The fourth-order valence-electron chi connectivity index (χ4n) is 1.21. The second kappa shape index (κ2) is 5.68. The van der Waals surface area contributed by atoms with Crippen molar-refractivity contribution in [3.05, 3.63) is 29.8 Å². The molecule has 0 heterocycles. The van der Waals surface area contributed by atoms with Crippen LogP contribution in [0.4, 0.5) is 14.5 Å². The minimum atomic E-state index is -1.26. The van der Waals surface area contributed by atoms with Gasteiger partial charge in [0, 0.05) is 6.07 Å². The van der Waals surface area contributed by atoms with Crippen molar-refractivity contribution >= 4 is 17.6 Å². The van der Waals surface area contributed by atoms with E-state index in [-0.39, 0.29) is 11.4 Å². The third-order valence-electron chi connectivity index (χ3n) is 2.61. The van der Waals surface area contributed by atoms with Crippen molar-refractivity contribution in [1.82, 2.24) is 0 Å². The summed E-state index contributed by atoms with van der Waals surface area (Å²) in [4.78, 5) is 3.74. The summed E-state index contributed by atoms with van der Waals surface area (Å²) in [6.07, 6.45) is 1.49. The van der Waals surface area contributed by atoms with Gasteiger partial charge < -0.3 is 10.9 Å². The predicted molar refractivity (Wildman–Crippen MR) is 67.0 cm³/mol. The maximum absolute atomic E-state index is 13.3. The molecule has 0 bridgehead atoms. The first-order valence-electron chi connectivity index (χ1n) is 5.40. The zero-order valence-corrected chi connectivity index (χ0v) is 10.2. The molecule has 0 fully saturated rings. The summed E-state index contributed by atoms with van der Waals surface area (Å²) >= 11 is 0. The highest BCUT2D eigenvalue weighted by atomic mass is 19.1. The molecule has 1 unspecified atom stereocenters. The molecule has 1 atom stereocenters. The summed E-state index contributed by atoms with van der Waals surface area (Å²) in [7, 11) is 0. The van der Waals surface area contributed by atoms with Gasteiger partial charge in [0.25, 0.3) is 0 Å². The summed E-state index contributed by atoms with van der Waals surface area (Å²) in [5, 5.41) is 13.3. The van der Waals surface area contributed by atoms with E-state index < -0.39 is 17.2 Å². The van der Waals surface area contributed by atoms with E-state index >= 15 is 0 Å². The molecule has 1 aromatic rings. The van der Waals surface area contributed by atoms with Crippen LogP contribution in [0.3, 0.4) is 0 Å². The van der Waals surface area contributed by atoms with Crippen molar-refractivity contribution < 1.29 is 13.9 Å². The minimum Gasteiger partial charge on any atom is -0.384 e. The molecular formula is C12H15F2N3O. The number of rotatable bonds is 4. The summed E-state index contributed by atoms with van der Waals surface area (Å²) in [5.74, 6) is 3.87. The number of hydrazone groups is 1. The van der Waals surface area contributed by atoms with Crippen LogP contribution in [0.15, 0.2) is 28.3 Å². The first kappa shape index (κ1) is 14.2. The topological polar surface area (TPSA) is 71.0 Å². The van der Waals surface area contributed by atoms with Crippen LogP contribution in [0, 0.1) is 11.6 Å². The smallest absolute Gasteiger partial charge is 0.149 e. The fourth-order valence-corrected chi connectivity index (χ4v) is 1.21. The third-order valence-corrected chi connectivity index (χ3v) is 2.61. The van der Waals surface area contributed by atoms with Crippen LogP contribution in [-0.2, 0) is 0 Å². The Morgan fingerprint density at radius 2 is 2.17 bits per heavy atom. The lowest BCUT2D eigenvalue weighted by Gasteiger charge is -2.19. The number of hydrogen-bond donors (Lipinski definition) is 2. The van der Waals surface area contributed by atoms with E-state index in [2.05, 4.69) is 10.1 Å². The molecule has 18 heavy (non-hydrogen) atoms. The lowest BCUT2D eigenvalue weighted by Crippen LogP contribution is -2.36. The Labute approximate surface area is 104 Å². The van der Waals surface area contributed by atoms with Gasteiger partial charge in [-0.3, -0.25) is 4.99 Å². The number of nitrogens with two attached hydrogens (primary N) is 1. The molecule has 3 N–H and O–H groups in total. The van der Waals surface area contributed by atoms with Gasteiger partial charge >= 0.3 is 0 Å². The van der Waals surface area contributed by atoms with Crippen molar-refractivity contribution in [3.63, 3.8) is 0 Å².